The summed E-state index contributed by atoms with van der Waals surface area (Å²) in [5.41, 5.74) is 0. The van der Waals surface area contributed by atoms with Crippen LogP contribution in [0, 0.1) is 0 Å². The molecule has 0 spiro atoms. The number of ether oxygens (including phenoxy) is 10. The summed E-state index contributed by atoms with van der Waals surface area (Å²) in [6.45, 7) is 22.6. The molecule has 1 N–H and O–H groups in total. The normalized spacial score (nSPS) is 12.6. The van der Waals surface area contributed by atoms with Crippen LogP contribution in [0.4, 0.5) is 0 Å². The highest BCUT2D eigenvalue weighted by atomic mass is 32.2. The zero-order chi connectivity index (χ0) is 99.0. The number of nitrogens with one attached hydrogen (secondary N) is 1. The van der Waals surface area contributed by atoms with Crippen LogP contribution < -0.4 is 5.32 Å². The lowest BCUT2D eigenvalue weighted by Gasteiger charge is -2.30. The van der Waals surface area contributed by atoms with Crippen molar-refractivity contribution in [2.24, 2.45) is 0 Å². The molecular formula is C106H198N4O20S5. The van der Waals surface area contributed by atoms with Crippen molar-refractivity contribution >= 4 is 119 Å². The number of thioether (sulfide) groups is 5. The van der Waals surface area contributed by atoms with E-state index in [-0.39, 0.29) is 187 Å². The molecule has 0 heterocycles. The molecular weight excluding hydrogens is 1810 g/mol. The molecule has 29 heteroatoms. The average Bonchev–Trinajstić information content (AvgIpc) is 0.923. The van der Waals surface area contributed by atoms with E-state index in [2.05, 4.69) is 44.8 Å². The summed E-state index contributed by atoms with van der Waals surface area (Å²) < 4.78 is 55.6. The molecule has 0 aliphatic heterocycles. The van der Waals surface area contributed by atoms with Gasteiger partial charge in [-0.2, -0.15) is 0 Å². The van der Waals surface area contributed by atoms with Crippen molar-refractivity contribution in [3.63, 3.8) is 0 Å². The Morgan fingerprint density at radius 2 is 0.348 bits per heavy atom. The van der Waals surface area contributed by atoms with Gasteiger partial charge in [0.15, 0.2) is 0 Å². The van der Waals surface area contributed by atoms with Gasteiger partial charge in [-0.05, 0) is 95.5 Å². The van der Waals surface area contributed by atoms with Crippen LogP contribution in [-0.4, -0.2) is 267 Å². The van der Waals surface area contributed by atoms with Crippen molar-refractivity contribution in [2.75, 3.05) is 167 Å². The van der Waals surface area contributed by atoms with E-state index < -0.39 is 29.8 Å². The third kappa shape index (κ3) is 90.1. The largest absolute Gasteiger partial charge is 0.462 e. The first kappa shape index (κ1) is 131. The molecule has 0 radical (unpaired) electrons. The maximum Gasteiger partial charge on any atom is 0.318 e. The highest BCUT2D eigenvalue weighted by molar-refractivity contribution is 8.01. The molecule has 0 aromatic carbocycles. The van der Waals surface area contributed by atoms with Gasteiger partial charge < -0.3 is 62.5 Å². The molecule has 792 valence electrons. The summed E-state index contributed by atoms with van der Waals surface area (Å²) in [4.78, 5) is 138. The Labute approximate surface area is 843 Å². The molecule has 0 aromatic heterocycles. The molecule has 0 amide bonds. The number of carbonyl (C=O) groups is 10. The Morgan fingerprint density at radius 1 is 0.193 bits per heavy atom. The van der Waals surface area contributed by atoms with Gasteiger partial charge in [0.2, 0.25) is 0 Å². The molecule has 0 fully saturated rings. The van der Waals surface area contributed by atoms with Crippen molar-refractivity contribution in [1.29, 1.82) is 0 Å². The molecule has 5 unspecified atom stereocenters. The number of carbonyl (C=O) groups excluding carboxylic acids is 10. The lowest BCUT2D eigenvalue weighted by atomic mass is 10.1. The van der Waals surface area contributed by atoms with Crippen LogP contribution in [-0.2, 0) is 95.3 Å². The zero-order valence-corrected chi connectivity index (χ0v) is 91.3. The Kier molecular flexibility index (Phi) is 97.6. The number of hydrogen-bond donors (Lipinski definition) is 1. The topological polar surface area (TPSA) is 285 Å². The third-order valence-corrected chi connectivity index (χ3v) is 30.1. The quantitative estimate of drug-likeness (QED) is 0.0336. The van der Waals surface area contributed by atoms with Gasteiger partial charge >= 0.3 is 59.7 Å². The van der Waals surface area contributed by atoms with E-state index in [0.29, 0.717) is 39.3 Å². The first-order valence-electron chi connectivity index (χ1n) is 54.3. The third-order valence-electron chi connectivity index (χ3n) is 24.0. The van der Waals surface area contributed by atoms with E-state index in [1.165, 1.54) is 257 Å². The lowest BCUT2D eigenvalue weighted by Crippen LogP contribution is -2.44. The highest BCUT2D eigenvalue weighted by Gasteiger charge is 2.24. The summed E-state index contributed by atoms with van der Waals surface area (Å²) in [7, 11) is 0. The fourth-order valence-electron chi connectivity index (χ4n) is 15.1. The minimum atomic E-state index is -0.522. The van der Waals surface area contributed by atoms with E-state index in [4.69, 9.17) is 47.4 Å². The fourth-order valence-corrected chi connectivity index (χ4v) is 19.8. The molecule has 5 atom stereocenters. The van der Waals surface area contributed by atoms with E-state index in [9.17, 15) is 47.9 Å². The first-order chi connectivity index (χ1) is 65.7. The Hall–Kier alpha value is -3.71. The number of esters is 10. The van der Waals surface area contributed by atoms with Crippen LogP contribution in [0.3, 0.4) is 0 Å². The predicted octanol–water partition coefficient (Wildman–Crippen LogP) is 24.1. The Balaban J connectivity index is 6.64. The molecule has 24 nitrogen and oxygen atoms in total. The molecule has 0 rings (SSSR count). The number of rotatable bonds is 104. The fraction of sp³-hybridized carbons (Fsp3) is 0.906. The monoisotopic (exact) mass is 2010 g/mol. The SMILES string of the molecule is CCCCCCCCCCCCSC(C)C(=O)OCCOC(=O)CCNCCN(CCN(CCC(=O)OCCOC(=O)C(C)SCCCCCCCCCCCC)CCC(=O)OCCOC(=O)C(C)SCCCCCCCCCCCC)CCN(CCC(=O)OCCOC(=O)C(C)SCCCCCCCCCCCC)CCC(=O)OCCOC(=O)C(C)SCCCCCCCCCCCC. The van der Waals surface area contributed by atoms with Gasteiger partial charge in [0.05, 0.1) is 58.4 Å². The molecule has 0 saturated heterocycles. The number of nitrogens with zero attached hydrogens (tertiary/aromatic N) is 3. The standard InChI is InChI=1S/C106H198N4O20S5/c1-11-16-21-26-31-36-41-46-51-56-87-131-92(6)102(116)126-82-77-121-97(111)61-66-107-67-72-110(75-73-108(68-62-98(112)122-78-83-127-103(117)93(7)132-88-57-52-47-42-37-32-27-22-17-12-2)69-63-99(113)123-79-84-128-104(118)94(8)133-89-58-53-48-43-38-33-28-23-18-13-3)76-74-109(70-64-100(114)124-80-85-129-105(119)95(9)134-90-59-54-49-44-39-34-29-24-19-14-4)71-65-101(115)125-81-86-130-106(120)96(10)135-91-60-55-50-45-40-35-30-25-20-15-5/h92-96,107H,11-91H2,1-10H3. The summed E-state index contributed by atoms with van der Waals surface area (Å²) in [5.74, 6) is -0.0273. The summed E-state index contributed by atoms with van der Waals surface area (Å²) in [6.07, 6.45) is 61.6. The van der Waals surface area contributed by atoms with Gasteiger partial charge in [0, 0.05) is 72.0 Å². The van der Waals surface area contributed by atoms with E-state index in [1.807, 2.05) is 44.4 Å². The second-order valence-electron chi connectivity index (χ2n) is 36.4. The van der Waals surface area contributed by atoms with Crippen molar-refractivity contribution < 1.29 is 95.3 Å². The van der Waals surface area contributed by atoms with Crippen molar-refractivity contribution in [2.45, 2.75) is 449 Å². The van der Waals surface area contributed by atoms with Crippen LogP contribution in [0.25, 0.3) is 0 Å². The molecule has 0 aromatic rings. The summed E-state index contributed by atoms with van der Waals surface area (Å²) in [5, 5.41) is 1.57. The predicted molar refractivity (Wildman–Crippen MR) is 564 cm³/mol. The second kappa shape index (κ2) is 100. The zero-order valence-electron chi connectivity index (χ0n) is 87.2. The van der Waals surface area contributed by atoms with E-state index in [0.717, 1.165) is 93.0 Å². The second-order valence-corrected chi connectivity index (χ2v) is 43.7. The van der Waals surface area contributed by atoms with Crippen LogP contribution >= 0.6 is 58.8 Å². The molecule has 0 aliphatic carbocycles. The van der Waals surface area contributed by atoms with E-state index in [1.54, 1.807) is 58.8 Å². The highest BCUT2D eigenvalue weighted by Crippen LogP contribution is 2.24. The number of hydrogen-bond acceptors (Lipinski definition) is 29. The van der Waals surface area contributed by atoms with Gasteiger partial charge in [-0.15, -0.1) is 58.8 Å². The van der Waals surface area contributed by atoms with Gasteiger partial charge in [0.1, 0.15) is 66.1 Å². The number of unbranched alkanes of at least 4 members (excludes halogenated alkanes) is 45. The smallest absolute Gasteiger partial charge is 0.318 e. The summed E-state index contributed by atoms with van der Waals surface area (Å²) >= 11 is 7.86. The Bertz CT molecular complexity index is 2530. The average molecular weight is 2010 g/mol. The van der Waals surface area contributed by atoms with Gasteiger partial charge in [0.25, 0.3) is 0 Å². The van der Waals surface area contributed by atoms with Crippen LogP contribution in [0.5, 0.6) is 0 Å². The molecule has 0 aliphatic rings. The molecule has 135 heavy (non-hydrogen) atoms. The van der Waals surface area contributed by atoms with Crippen molar-refractivity contribution in [3.05, 3.63) is 0 Å². The van der Waals surface area contributed by atoms with Gasteiger partial charge in [-0.3, -0.25) is 52.8 Å². The lowest BCUT2D eigenvalue weighted by molar-refractivity contribution is -0.152. The van der Waals surface area contributed by atoms with Gasteiger partial charge in [-0.1, -0.05) is 324 Å². The minimum Gasteiger partial charge on any atom is -0.462 e. The summed E-state index contributed by atoms with van der Waals surface area (Å²) in [6, 6.07) is 0. The minimum absolute atomic E-state index is 0.0411. The maximum atomic E-state index is 13.5. The van der Waals surface area contributed by atoms with Crippen LogP contribution in [0.15, 0.2) is 0 Å². The van der Waals surface area contributed by atoms with Crippen molar-refractivity contribution in [1.82, 2.24) is 20.0 Å². The maximum absolute atomic E-state index is 13.5. The van der Waals surface area contributed by atoms with Crippen LogP contribution in [0.2, 0.25) is 0 Å². The van der Waals surface area contributed by atoms with Crippen LogP contribution in [0.1, 0.15) is 422 Å². The first-order valence-corrected chi connectivity index (χ1v) is 59.5. The van der Waals surface area contributed by atoms with Gasteiger partial charge in [-0.25, -0.2) is 0 Å². The Morgan fingerprint density at radius 3 is 0.533 bits per heavy atom. The molecule has 0 bridgehead atoms. The van der Waals surface area contributed by atoms with Crippen molar-refractivity contribution in [3.8, 4) is 0 Å². The van der Waals surface area contributed by atoms with E-state index >= 15 is 0 Å². The molecule has 0 saturated carbocycles.